The molecule has 1 nitrogen and oxygen atoms in total. The van der Waals surface area contributed by atoms with E-state index in [4.69, 9.17) is 11.6 Å². The van der Waals surface area contributed by atoms with Crippen molar-refractivity contribution < 1.29 is 49.2 Å². The van der Waals surface area contributed by atoms with Gasteiger partial charge in [-0.1, -0.05) is 42.7 Å². The maximum atomic E-state index is 10.1. The predicted octanol–water partition coefficient (Wildman–Crippen LogP) is 5.43. The molecule has 23 heavy (non-hydrogen) atoms. The average molecular weight is 548 g/mol. The maximum Gasteiger partial charge on any atom is 0.0577 e. The molecule has 0 bridgehead atoms. The second-order valence-corrected chi connectivity index (χ2v) is 9.29. The van der Waals surface area contributed by atoms with Gasteiger partial charge in [0, 0.05) is 54.5 Å². The van der Waals surface area contributed by atoms with E-state index in [1.165, 1.54) is 42.7 Å². The van der Waals surface area contributed by atoms with Crippen molar-refractivity contribution in [3.63, 3.8) is 0 Å². The smallest absolute Gasteiger partial charge is 0.0577 e. The third-order valence-corrected chi connectivity index (χ3v) is 8.62. The van der Waals surface area contributed by atoms with E-state index in [0.29, 0.717) is 5.41 Å². The van der Waals surface area contributed by atoms with Gasteiger partial charge in [0.15, 0.2) is 0 Å². The van der Waals surface area contributed by atoms with Crippen molar-refractivity contribution in [3.05, 3.63) is 22.3 Å². The monoisotopic (exact) mass is 547 g/mol. The molecule has 6 atom stereocenters. The number of hydrogen-bond acceptors (Lipinski definition) is 1. The quantitative estimate of drug-likeness (QED) is 0.401. The van der Waals surface area contributed by atoms with Crippen LogP contribution in [0.5, 0.6) is 0 Å². The Labute approximate surface area is 181 Å². The molecule has 3 heteroatoms. The Morgan fingerprint density at radius 2 is 1.78 bits per heavy atom. The van der Waals surface area contributed by atoms with Gasteiger partial charge in [0.05, 0.1) is 6.10 Å². The molecule has 4 rings (SSSR count). The van der Waals surface area contributed by atoms with Gasteiger partial charge in [0.1, 0.15) is 0 Å². The number of rotatable bonds is 0. The van der Waals surface area contributed by atoms with Gasteiger partial charge >= 0.3 is 0 Å². The van der Waals surface area contributed by atoms with Crippen molar-refractivity contribution in [1.82, 2.24) is 0 Å². The summed E-state index contributed by atoms with van der Waals surface area (Å²) in [6.45, 7) is 7.14. The number of aliphatic hydroxyl groups is 1. The average Bonchev–Trinajstić information content (AvgIpc) is 2.72. The minimum Gasteiger partial charge on any atom is -0.393 e. The molecule has 0 saturated heterocycles. The Morgan fingerprint density at radius 3 is 2.52 bits per heavy atom. The molecule has 0 heterocycles. The van der Waals surface area contributed by atoms with E-state index in [2.05, 4.69) is 26.8 Å². The van der Waals surface area contributed by atoms with Gasteiger partial charge in [-0.25, -0.2) is 0 Å². The first kappa shape index (κ1) is 18.9. The van der Waals surface area contributed by atoms with Crippen LogP contribution in [0, 0.1) is 72.6 Å². The molecule has 0 aromatic heterocycles. The number of allylic oxidation sites excluding steroid dienone is 3. The van der Waals surface area contributed by atoms with Crippen LogP contribution in [0.1, 0.15) is 65.7 Å². The molecule has 0 aromatic rings. The Bertz CT molecular complexity index is 568. The minimum atomic E-state index is -0.102. The van der Waals surface area contributed by atoms with Gasteiger partial charge in [-0.15, -0.1) is 0 Å². The molecule has 4 unspecified atom stereocenters. The van der Waals surface area contributed by atoms with Gasteiger partial charge in [-0.2, -0.15) is 0 Å². The van der Waals surface area contributed by atoms with Crippen LogP contribution in [-0.2, 0) is 0 Å². The largest absolute Gasteiger partial charge is 0.393 e. The molecule has 0 aliphatic heterocycles. The minimum absolute atomic E-state index is 0. The SMILES string of the molecule is CC1=C(Cl)[C@@]2(C)CCC3C(CC=C4CC(O)CC[C@@]43C)C2C1.[Ac]. The first-order chi connectivity index (χ1) is 10.4. The van der Waals surface area contributed by atoms with Crippen molar-refractivity contribution in [2.45, 2.75) is 71.8 Å². The summed E-state index contributed by atoms with van der Waals surface area (Å²) < 4.78 is 0. The zero-order valence-corrected chi connectivity index (χ0v) is 20.2. The summed E-state index contributed by atoms with van der Waals surface area (Å²) in [6.07, 6.45) is 10.4. The Morgan fingerprint density at radius 1 is 1.09 bits per heavy atom. The molecule has 4 aliphatic rings. The fraction of sp³-hybridized carbons (Fsp3) is 0.800. The van der Waals surface area contributed by atoms with Crippen molar-refractivity contribution in [2.24, 2.45) is 28.6 Å². The van der Waals surface area contributed by atoms with Gasteiger partial charge < -0.3 is 5.11 Å². The Balaban J connectivity index is 0.00000156. The number of fused-ring (bicyclic) bond motifs is 5. The molecule has 1 radical (unpaired) electrons. The van der Waals surface area contributed by atoms with Crippen molar-refractivity contribution in [1.29, 1.82) is 0 Å². The van der Waals surface area contributed by atoms with Gasteiger partial charge in [0.25, 0.3) is 0 Å². The van der Waals surface area contributed by atoms with Crippen LogP contribution < -0.4 is 0 Å². The summed E-state index contributed by atoms with van der Waals surface area (Å²) in [5.41, 5.74) is 3.58. The van der Waals surface area contributed by atoms with E-state index in [1.54, 1.807) is 5.57 Å². The van der Waals surface area contributed by atoms with Crippen molar-refractivity contribution in [3.8, 4) is 0 Å². The van der Waals surface area contributed by atoms with Crippen LogP contribution >= 0.6 is 11.6 Å². The van der Waals surface area contributed by atoms with Crippen LogP contribution in [0.15, 0.2) is 22.3 Å². The Hall–Kier alpha value is 1.17. The van der Waals surface area contributed by atoms with Gasteiger partial charge in [-0.3, -0.25) is 0 Å². The normalized spacial score (nSPS) is 48.8. The summed E-state index contributed by atoms with van der Waals surface area (Å²) >= 11 is 6.73. The molecule has 4 aliphatic carbocycles. The first-order valence-electron chi connectivity index (χ1n) is 9.09. The summed E-state index contributed by atoms with van der Waals surface area (Å²) in [5.74, 6) is 2.32. The van der Waals surface area contributed by atoms with Gasteiger partial charge in [0.2, 0.25) is 0 Å². The van der Waals surface area contributed by atoms with Crippen LogP contribution in [0.3, 0.4) is 0 Å². The van der Waals surface area contributed by atoms with E-state index >= 15 is 0 Å². The van der Waals surface area contributed by atoms with E-state index in [1.807, 2.05) is 0 Å². The molecule has 0 aromatic carbocycles. The number of aliphatic hydroxyl groups excluding tert-OH is 1. The third-order valence-electron chi connectivity index (χ3n) is 7.87. The van der Waals surface area contributed by atoms with Crippen LogP contribution in [-0.4, -0.2) is 11.2 Å². The van der Waals surface area contributed by atoms with Gasteiger partial charge in [-0.05, 0) is 75.0 Å². The van der Waals surface area contributed by atoms with E-state index in [-0.39, 0.29) is 55.6 Å². The topological polar surface area (TPSA) is 20.2 Å². The first-order valence-corrected chi connectivity index (χ1v) is 9.47. The zero-order chi connectivity index (χ0) is 15.7. The molecule has 0 amide bonds. The third kappa shape index (κ3) is 2.69. The second-order valence-electron chi connectivity index (χ2n) is 8.91. The molecule has 2 fully saturated rings. The molecule has 0 spiro atoms. The summed E-state index contributed by atoms with van der Waals surface area (Å²) in [4.78, 5) is 0. The van der Waals surface area contributed by atoms with E-state index in [0.717, 1.165) is 30.6 Å². The maximum absolute atomic E-state index is 10.1. The van der Waals surface area contributed by atoms with Crippen molar-refractivity contribution in [2.75, 3.05) is 0 Å². The van der Waals surface area contributed by atoms with E-state index < -0.39 is 0 Å². The predicted molar refractivity (Wildman–Crippen MR) is 91.6 cm³/mol. The molecule has 125 valence electrons. The van der Waals surface area contributed by atoms with E-state index in [9.17, 15) is 5.11 Å². The summed E-state index contributed by atoms with van der Waals surface area (Å²) in [7, 11) is 0. The number of hydrogen-bond donors (Lipinski definition) is 1. The standard InChI is InChI=1S/C20H29ClO.Ac/c1-12-10-17-15-5-4-13-11-14(22)6-8-19(13,2)16(15)7-9-20(17,3)18(12)21;/h4,14-17,22H,5-11H2,1-3H3;/t14?,15?,16?,17?,19-,20-;/m0./s1. The second kappa shape index (κ2) is 6.40. The number of halogens is 1. The molecular formula is C20H29AcClO. The van der Waals surface area contributed by atoms with Crippen LogP contribution in [0.2, 0.25) is 0 Å². The van der Waals surface area contributed by atoms with Crippen LogP contribution in [0.4, 0.5) is 0 Å². The summed E-state index contributed by atoms with van der Waals surface area (Å²) in [5, 5.41) is 11.2. The zero-order valence-electron chi connectivity index (χ0n) is 14.7. The molecule has 1 N–H and O–H groups in total. The fourth-order valence-corrected chi connectivity index (χ4v) is 6.83. The Kier molecular flexibility index (Phi) is 5.28. The fourth-order valence-electron chi connectivity index (χ4n) is 6.52. The molecular weight excluding hydrogens is 519 g/mol. The molecule has 2 saturated carbocycles. The van der Waals surface area contributed by atoms with Crippen molar-refractivity contribution >= 4 is 11.6 Å². The summed E-state index contributed by atoms with van der Waals surface area (Å²) in [6, 6.07) is 0. The van der Waals surface area contributed by atoms with Crippen LogP contribution in [0.25, 0.3) is 0 Å².